The van der Waals surface area contributed by atoms with E-state index in [9.17, 15) is 14.0 Å². The van der Waals surface area contributed by atoms with Gasteiger partial charge in [-0.05, 0) is 26.0 Å². The Morgan fingerprint density at radius 2 is 2.18 bits per heavy atom. The van der Waals surface area contributed by atoms with E-state index in [0.29, 0.717) is 11.4 Å². The monoisotopic (exact) mass is 300 g/mol. The summed E-state index contributed by atoms with van der Waals surface area (Å²) in [7, 11) is 0. The number of H-pyrrole nitrogens is 1. The molecular weight excluding hydrogens is 287 g/mol. The summed E-state index contributed by atoms with van der Waals surface area (Å²) in [4.78, 5) is 30.1. The van der Waals surface area contributed by atoms with Crippen LogP contribution in [0.3, 0.4) is 0 Å². The van der Waals surface area contributed by atoms with E-state index < -0.39 is 17.3 Å². The zero-order valence-corrected chi connectivity index (χ0v) is 12.0. The maximum Gasteiger partial charge on any atom is 0.279 e. The van der Waals surface area contributed by atoms with Gasteiger partial charge in [0.2, 0.25) is 0 Å². The van der Waals surface area contributed by atoms with Gasteiger partial charge < -0.3 is 10.3 Å². The number of carbonyl (C=O) groups excluding carboxylic acids is 1. The van der Waals surface area contributed by atoms with Gasteiger partial charge >= 0.3 is 0 Å². The van der Waals surface area contributed by atoms with E-state index >= 15 is 0 Å². The molecule has 0 fully saturated rings. The zero-order valence-electron chi connectivity index (χ0n) is 12.0. The van der Waals surface area contributed by atoms with Crippen molar-refractivity contribution < 1.29 is 9.18 Å². The van der Waals surface area contributed by atoms with Gasteiger partial charge in [-0.15, -0.1) is 0 Å². The van der Waals surface area contributed by atoms with E-state index in [-0.39, 0.29) is 23.4 Å². The summed E-state index contributed by atoms with van der Waals surface area (Å²) in [6.45, 7) is 3.24. The highest BCUT2D eigenvalue weighted by Crippen LogP contribution is 2.09. The number of benzene rings is 1. The lowest BCUT2D eigenvalue weighted by molar-refractivity contribution is 0.0943. The highest BCUT2D eigenvalue weighted by atomic mass is 19.1. The van der Waals surface area contributed by atoms with Gasteiger partial charge in [0, 0.05) is 17.8 Å². The molecule has 6 nitrogen and oxygen atoms in total. The second-order valence-corrected chi connectivity index (χ2v) is 4.73. The first-order chi connectivity index (χ1) is 10.4. The van der Waals surface area contributed by atoms with Crippen molar-refractivity contribution in [2.45, 2.75) is 20.4 Å². The molecule has 0 bridgehead atoms. The maximum atomic E-state index is 13.7. The first-order valence-corrected chi connectivity index (χ1v) is 6.46. The van der Waals surface area contributed by atoms with Gasteiger partial charge in [-0.25, -0.2) is 9.37 Å². The van der Waals surface area contributed by atoms with Crippen LogP contribution in [0.1, 0.15) is 33.0 Å². The summed E-state index contributed by atoms with van der Waals surface area (Å²) in [5.41, 5.74) is 0.666. The molecule has 0 unspecified atom stereocenters. The number of hydrogen-bond donors (Lipinski definition) is 2. The van der Waals surface area contributed by atoms with Crippen LogP contribution in [0.2, 0.25) is 0 Å². The Morgan fingerprint density at radius 3 is 2.82 bits per heavy atom. The summed E-state index contributed by atoms with van der Waals surface area (Å²) < 4.78 is 13.7. The quantitative estimate of drug-likeness (QED) is 0.893. The largest absolute Gasteiger partial charge is 0.346 e. The van der Waals surface area contributed by atoms with Gasteiger partial charge in [-0.2, -0.15) is 5.26 Å². The molecule has 0 saturated heterocycles. The predicted octanol–water partition coefficient (Wildman–Crippen LogP) is 1.33. The second-order valence-electron chi connectivity index (χ2n) is 4.73. The highest BCUT2D eigenvalue weighted by molar-refractivity contribution is 5.91. The van der Waals surface area contributed by atoms with Gasteiger partial charge in [0.25, 0.3) is 11.5 Å². The highest BCUT2D eigenvalue weighted by Gasteiger charge is 2.14. The molecule has 0 aliphatic heterocycles. The van der Waals surface area contributed by atoms with Crippen molar-refractivity contribution in [3.63, 3.8) is 0 Å². The van der Waals surface area contributed by atoms with E-state index in [1.807, 2.05) is 6.07 Å². The molecule has 2 N–H and O–H groups in total. The fourth-order valence-corrected chi connectivity index (χ4v) is 1.80. The van der Waals surface area contributed by atoms with Crippen LogP contribution in [0.4, 0.5) is 4.39 Å². The summed E-state index contributed by atoms with van der Waals surface area (Å²) in [6.07, 6.45) is 0. The van der Waals surface area contributed by atoms with Crippen molar-refractivity contribution in [3.8, 4) is 6.07 Å². The Balaban J connectivity index is 2.16. The molecule has 2 rings (SSSR count). The lowest BCUT2D eigenvalue weighted by Gasteiger charge is -2.07. The molecule has 1 aromatic carbocycles. The Kier molecular flexibility index (Phi) is 4.32. The van der Waals surface area contributed by atoms with Crippen LogP contribution in [0.15, 0.2) is 23.0 Å². The molecule has 0 aliphatic rings. The van der Waals surface area contributed by atoms with Crippen molar-refractivity contribution in [3.05, 3.63) is 62.6 Å². The molecule has 1 amide bonds. The van der Waals surface area contributed by atoms with Crippen molar-refractivity contribution in [2.75, 3.05) is 0 Å². The number of aromatic amines is 1. The van der Waals surface area contributed by atoms with Crippen LogP contribution in [-0.4, -0.2) is 15.9 Å². The van der Waals surface area contributed by atoms with Crippen LogP contribution >= 0.6 is 0 Å². The molecule has 7 heteroatoms. The molecular formula is C15H13FN4O2. The lowest BCUT2D eigenvalue weighted by atomic mass is 10.1. The molecule has 0 spiro atoms. The number of rotatable bonds is 3. The van der Waals surface area contributed by atoms with Gasteiger partial charge in [0.15, 0.2) is 5.69 Å². The third-order valence-electron chi connectivity index (χ3n) is 3.17. The minimum absolute atomic E-state index is 0.107. The summed E-state index contributed by atoms with van der Waals surface area (Å²) in [5, 5.41) is 11.1. The van der Waals surface area contributed by atoms with E-state index in [1.165, 1.54) is 12.1 Å². The van der Waals surface area contributed by atoms with Gasteiger partial charge in [0.1, 0.15) is 5.82 Å². The molecule has 22 heavy (non-hydrogen) atoms. The van der Waals surface area contributed by atoms with Gasteiger partial charge in [-0.1, -0.05) is 6.07 Å². The summed E-state index contributed by atoms with van der Waals surface area (Å²) in [5.74, 6) is -1.28. The van der Waals surface area contributed by atoms with Crippen LogP contribution < -0.4 is 10.9 Å². The van der Waals surface area contributed by atoms with Crippen LogP contribution in [0.25, 0.3) is 0 Å². The molecule has 2 aromatic rings. The van der Waals surface area contributed by atoms with E-state index in [1.54, 1.807) is 13.8 Å². The molecule has 1 heterocycles. The normalized spacial score (nSPS) is 10.1. The number of nitrogens with zero attached hydrogens (tertiary/aromatic N) is 2. The number of halogens is 1. The van der Waals surface area contributed by atoms with Crippen molar-refractivity contribution in [2.24, 2.45) is 0 Å². The Hall–Kier alpha value is -3.01. The standard InChI is InChI=1S/C15H13FN4O2/c1-8-9(2)20-15(22)13(19-8)14(21)18-7-11-4-3-10(6-17)5-12(11)16/h3-5H,7H2,1-2H3,(H,18,21)(H,20,22). The topological polar surface area (TPSA) is 98.6 Å². The van der Waals surface area contributed by atoms with Gasteiger partial charge in [-0.3, -0.25) is 9.59 Å². The zero-order chi connectivity index (χ0) is 16.3. The number of amides is 1. The fourth-order valence-electron chi connectivity index (χ4n) is 1.80. The smallest absolute Gasteiger partial charge is 0.279 e. The number of hydrogen-bond acceptors (Lipinski definition) is 4. The first kappa shape index (κ1) is 15.4. The number of carbonyl (C=O) groups is 1. The molecule has 0 aliphatic carbocycles. The number of nitriles is 1. The average molecular weight is 300 g/mol. The number of nitrogens with one attached hydrogen (secondary N) is 2. The van der Waals surface area contributed by atoms with E-state index in [4.69, 9.17) is 5.26 Å². The average Bonchev–Trinajstić information content (AvgIpc) is 2.49. The predicted molar refractivity (Wildman–Crippen MR) is 76.6 cm³/mol. The molecule has 112 valence electrons. The van der Waals surface area contributed by atoms with Crippen molar-refractivity contribution in [1.29, 1.82) is 5.26 Å². The van der Waals surface area contributed by atoms with Crippen molar-refractivity contribution in [1.82, 2.24) is 15.3 Å². The minimum atomic E-state index is -0.687. The Bertz CT molecular complexity index is 836. The van der Waals surface area contributed by atoms with Crippen LogP contribution in [0, 0.1) is 31.0 Å². The minimum Gasteiger partial charge on any atom is -0.346 e. The third-order valence-corrected chi connectivity index (χ3v) is 3.17. The number of aryl methyl sites for hydroxylation is 2. The van der Waals surface area contributed by atoms with Gasteiger partial charge in [0.05, 0.1) is 17.3 Å². The maximum absolute atomic E-state index is 13.7. The Morgan fingerprint density at radius 1 is 1.45 bits per heavy atom. The lowest BCUT2D eigenvalue weighted by Crippen LogP contribution is -2.31. The van der Waals surface area contributed by atoms with E-state index in [2.05, 4.69) is 15.3 Å². The molecule has 0 radical (unpaired) electrons. The Labute approximate surface area is 125 Å². The second kappa shape index (κ2) is 6.18. The SMILES string of the molecule is Cc1nc(C(=O)NCc2ccc(C#N)cc2F)c(=O)[nH]c1C. The third kappa shape index (κ3) is 3.17. The molecule has 1 aromatic heterocycles. The first-order valence-electron chi connectivity index (χ1n) is 6.46. The molecule has 0 atom stereocenters. The van der Waals surface area contributed by atoms with Crippen LogP contribution in [-0.2, 0) is 6.54 Å². The van der Waals surface area contributed by atoms with Crippen LogP contribution in [0.5, 0.6) is 0 Å². The summed E-state index contributed by atoms with van der Waals surface area (Å²) >= 11 is 0. The number of aromatic nitrogens is 2. The fraction of sp³-hybridized carbons (Fsp3) is 0.200. The molecule has 0 saturated carbocycles. The summed E-state index contributed by atoms with van der Waals surface area (Å²) in [6, 6.07) is 5.77. The van der Waals surface area contributed by atoms with Crippen molar-refractivity contribution >= 4 is 5.91 Å². The van der Waals surface area contributed by atoms with E-state index in [0.717, 1.165) is 6.07 Å².